The van der Waals surface area contributed by atoms with Crippen molar-refractivity contribution in [3.63, 3.8) is 0 Å². The van der Waals surface area contributed by atoms with Crippen LogP contribution >= 0.6 is 11.6 Å². The summed E-state index contributed by atoms with van der Waals surface area (Å²) < 4.78 is 12.3. The number of hydrogen-bond donors (Lipinski definition) is 1. The molecular formula is C26H28ClNO3. The molecule has 0 radical (unpaired) electrons. The molecule has 1 N–H and O–H groups in total. The van der Waals surface area contributed by atoms with Crippen molar-refractivity contribution in [2.75, 3.05) is 7.05 Å². The van der Waals surface area contributed by atoms with E-state index in [2.05, 4.69) is 24.1 Å². The monoisotopic (exact) mass is 437 g/mol. The zero-order valence-corrected chi connectivity index (χ0v) is 18.4. The molecule has 0 aromatic heterocycles. The standard InChI is InChI=1S/C26H28ClNO3/c1-28(18-19-8-3-2-4-9-19)22-10-7-13-25(26(22)29)31-24-12-6-5-11-23(24)30-21-16-14-20(27)15-17-21/h2-6,8-9,11-12,14-17,22,25-26,29H,7,10,13,18H2,1H3/t22-,25-,26-/m1/s1. The van der Waals surface area contributed by atoms with E-state index in [-0.39, 0.29) is 12.1 Å². The highest BCUT2D eigenvalue weighted by Gasteiger charge is 2.36. The molecule has 0 bridgehead atoms. The molecule has 1 aliphatic rings. The topological polar surface area (TPSA) is 41.9 Å². The summed E-state index contributed by atoms with van der Waals surface area (Å²) in [5.41, 5.74) is 1.24. The number of nitrogens with zero attached hydrogens (tertiary/aromatic N) is 1. The van der Waals surface area contributed by atoms with Crippen LogP contribution in [0.25, 0.3) is 0 Å². The van der Waals surface area contributed by atoms with E-state index in [9.17, 15) is 5.11 Å². The number of halogens is 1. The highest BCUT2D eigenvalue weighted by Crippen LogP contribution is 2.35. The van der Waals surface area contributed by atoms with E-state index in [0.717, 1.165) is 25.8 Å². The SMILES string of the molecule is CN(Cc1ccccc1)[C@@H]1CCC[C@@H](Oc2ccccc2Oc2ccc(Cl)cc2)[C@@H]1O. The molecular weight excluding hydrogens is 410 g/mol. The van der Waals surface area contributed by atoms with Crippen molar-refractivity contribution in [2.45, 2.75) is 44.1 Å². The van der Waals surface area contributed by atoms with Gasteiger partial charge in [-0.25, -0.2) is 0 Å². The predicted molar refractivity (Wildman–Crippen MR) is 124 cm³/mol. The third-order valence-electron chi connectivity index (χ3n) is 5.77. The summed E-state index contributed by atoms with van der Waals surface area (Å²) in [6.45, 7) is 0.797. The minimum atomic E-state index is -0.578. The first-order chi connectivity index (χ1) is 15.1. The Bertz CT molecular complexity index is 964. The van der Waals surface area contributed by atoms with Gasteiger partial charge < -0.3 is 14.6 Å². The molecule has 5 heteroatoms. The van der Waals surface area contributed by atoms with Crippen molar-refractivity contribution in [1.29, 1.82) is 0 Å². The molecule has 162 valence electrons. The zero-order chi connectivity index (χ0) is 21.6. The van der Waals surface area contributed by atoms with Crippen molar-refractivity contribution in [2.24, 2.45) is 0 Å². The Kier molecular flexibility index (Phi) is 7.13. The summed E-state index contributed by atoms with van der Waals surface area (Å²) in [5, 5.41) is 11.8. The van der Waals surface area contributed by atoms with Gasteiger partial charge in [0.25, 0.3) is 0 Å². The van der Waals surface area contributed by atoms with Crippen LogP contribution in [0.4, 0.5) is 0 Å². The van der Waals surface area contributed by atoms with Gasteiger partial charge in [-0.2, -0.15) is 0 Å². The second-order valence-electron chi connectivity index (χ2n) is 8.05. The van der Waals surface area contributed by atoms with Crippen molar-refractivity contribution >= 4 is 11.6 Å². The molecule has 1 fully saturated rings. The van der Waals surface area contributed by atoms with Gasteiger partial charge in [-0.1, -0.05) is 54.1 Å². The van der Waals surface area contributed by atoms with Crippen LogP contribution in [0.3, 0.4) is 0 Å². The normalized spacial score (nSPS) is 21.1. The summed E-state index contributed by atoms with van der Waals surface area (Å²) in [7, 11) is 2.07. The Morgan fingerprint density at radius 3 is 2.32 bits per heavy atom. The number of rotatable bonds is 7. The van der Waals surface area contributed by atoms with Crippen LogP contribution in [-0.2, 0) is 6.54 Å². The lowest BCUT2D eigenvalue weighted by Crippen LogP contribution is -2.51. The highest BCUT2D eigenvalue weighted by molar-refractivity contribution is 6.30. The van der Waals surface area contributed by atoms with E-state index in [4.69, 9.17) is 21.1 Å². The molecule has 3 aromatic carbocycles. The molecule has 3 atom stereocenters. The van der Waals surface area contributed by atoms with Crippen LogP contribution in [0.15, 0.2) is 78.9 Å². The summed E-state index contributed by atoms with van der Waals surface area (Å²) in [5.74, 6) is 1.94. The minimum absolute atomic E-state index is 0.0447. The van der Waals surface area contributed by atoms with Gasteiger partial charge in [0.15, 0.2) is 11.5 Å². The predicted octanol–water partition coefficient (Wildman–Crippen LogP) is 5.93. The quantitative estimate of drug-likeness (QED) is 0.497. The van der Waals surface area contributed by atoms with Gasteiger partial charge in [-0.3, -0.25) is 4.90 Å². The maximum absolute atomic E-state index is 11.1. The maximum Gasteiger partial charge on any atom is 0.169 e. The Morgan fingerprint density at radius 1 is 0.903 bits per heavy atom. The summed E-state index contributed by atoms with van der Waals surface area (Å²) in [6, 6.07) is 25.2. The fourth-order valence-corrected chi connectivity index (χ4v) is 4.27. The van der Waals surface area contributed by atoms with E-state index >= 15 is 0 Å². The fourth-order valence-electron chi connectivity index (χ4n) is 4.14. The third kappa shape index (κ3) is 5.59. The third-order valence-corrected chi connectivity index (χ3v) is 6.03. The average molecular weight is 438 g/mol. The average Bonchev–Trinajstić information content (AvgIpc) is 2.78. The number of para-hydroxylation sites is 2. The number of benzene rings is 3. The van der Waals surface area contributed by atoms with Gasteiger partial charge in [-0.15, -0.1) is 0 Å². The van der Waals surface area contributed by atoms with Crippen LogP contribution in [0.2, 0.25) is 5.02 Å². The van der Waals surface area contributed by atoms with Crippen LogP contribution < -0.4 is 9.47 Å². The Hall–Kier alpha value is -2.53. The smallest absolute Gasteiger partial charge is 0.169 e. The van der Waals surface area contributed by atoms with Crippen molar-refractivity contribution in [3.8, 4) is 17.2 Å². The van der Waals surface area contributed by atoms with Crippen LogP contribution in [0.1, 0.15) is 24.8 Å². The van der Waals surface area contributed by atoms with Crippen LogP contribution in [0.5, 0.6) is 17.2 Å². The molecule has 0 unspecified atom stereocenters. The number of likely N-dealkylation sites (N-methyl/N-ethyl adjacent to an activating group) is 1. The Balaban J connectivity index is 1.44. The van der Waals surface area contributed by atoms with Gasteiger partial charge in [0.05, 0.1) is 0 Å². The van der Waals surface area contributed by atoms with Crippen molar-refractivity contribution in [3.05, 3.63) is 89.4 Å². The van der Waals surface area contributed by atoms with Gasteiger partial charge in [0, 0.05) is 17.6 Å². The second kappa shape index (κ2) is 10.2. The molecule has 0 aliphatic heterocycles. The van der Waals surface area contributed by atoms with Gasteiger partial charge in [0.1, 0.15) is 18.0 Å². The first-order valence-electron chi connectivity index (χ1n) is 10.7. The molecule has 0 amide bonds. The van der Waals surface area contributed by atoms with Gasteiger partial charge in [0.2, 0.25) is 0 Å². The van der Waals surface area contributed by atoms with E-state index in [1.807, 2.05) is 54.6 Å². The molecule has 0 heterocycles. The fraction of sp³-hybridized carbons (Fsp3) is 0.308. The minimum Gasteiger partial charge on any atom is -0.484 e. The molecule has 0 saturated heterocycles. The molecule has 31 heavy (non-hydrogen) atoms. The number of aliphatic hydroxyl groups is 1. The van der Waals surface area contributed by atoms with Gasteiger partial charge >= 0.3 is 0 Å². The second-order valence-corrected chi connectivity index (χ2v) is 8.49. The van der Waals surface area contributed by atoms with E-state index in [1.54, 1.807) is 12.1 Å². The lowest BCUT2D eigenvalue weighted by Gasteiger charge is -2.39. The van der Waals surface area contributed by atoms with Crippen molar-refractivity contribution < 1.29 is 14.6 Å². The van der Waals surface area contributed by atoms with E-state index in [0.29, 0.717) is 22.3 Å². The summed E-state index contributed by atoms with van der Waals surface area (Å²) >= 11 is 5.97. The van der Waals surface area contributed by atoms with Gasteiger partial charge in [-0.05, 0) is 68.3 Å². The van der Waals surface area contributed by atoms with E-state index < -0.39 is 6.10 Å². The maximum atomic E-state index is 11.1. The van der Waals surface area contributed by atoms with Crippen LogP contribution in [0, 0.1) is 0 Å². The van der Waals surface area contributed by atoms with Crippen molar-refractivity contribution in [1.82, 2.24) is 4.90 Å². The van der Waals surface area contributed by atoms with E-state index in [1.165, 1.54) is 5.56 Å². The highest BCUT2D eigenvalue weighted by atomic mass is 35.5. The number of aliphatic hydroxyl groups excluding tert-OH is 1. The Morgan fingerprint density at radius 2 is 1.58 bits per heavy atom. The molecule has 4 nitrogen and oxygen atoms in total. The van der Waals surface area contributed by atoms with Crippen LogP contribution in [-0.4, -0.2) is 35.3 Å². The zero-order valence-electron chi connectivity index (χ0n) is 17.7. The summed E-state index contributed by atoms with van der Waals surface area (Å²) in [4.78, 5) is 2.23. The first kappa shape index (κ1) is 21.7. The first-order valence-corrected chi connectivity index (χ1v) is 11.1. The number of ether oxygens (including phenoxy) is 2. The lowest BCUT2D eigenvalue weighted by atomic mass is 9.88. The summed E-state index contributed by atoms with van der Waals surface area (Å²) in [6.07, 6.45) is 1.91. The number of hydrogen-bond acceptors (Lipinski definition) is 4. The molecule has 0 spiro atoms. The molecule has 4 rings (SSSR count). The molecule has 1 saturated carbocycles. The largest absolute Gasteiger partial charge is 0.484 e. The Labute approximate surface area is 189 Å². The molecule has 1 aliphatic carbocycles. The lowest BCUT2D eigenvalue weighted by molar-refractivity contribution is -0.0496. The molecule has 3 aromatic rings.